The monoisotopic (exact) mass is 370 g/mol. The fourth-order valence-electron chi connectivity index (χ4n) is 3.95. The van der Waals surface area contributed by atoms with Gasteiger partial charge in [-0.25, -0.2) is 5.01 Å². The molecule has 0 bridgehead atoms. The summed E-state index contributed by atoms with van der Waals surface area (Å²) in [7, 11) is 0. The Hall–Kier alpha value is -3.27. The summed E-state index contributed by atoms with van der Waals surface area (Å²) in [5.41, 5.74) is 4.53. The van der Waals surface area contributed by atoms with E-state index >= 15 is 0 Å². The lowest BCUT2D eigenvalue weighted by molar-refractivity contribution is -0.0190. The van der Waals surface area contributed by atoms with Crippen LogP contribution in [0.4, 0.5) is 0 Å². The van der Waals surface area contributed by atoms with Crippen LogP contribution in [0, 0.1) is 0 Å². The van der Waals surface area contributed by atoms with Gasteiger partial charge in [-0.15, -0.1) is 0 Å². The van der Waals surface area contributed by atoms with Gasteiger partial charge >= 0.3 is 0 Å². The van der Waals surface area contributed by atoms with Gasteiger partial charge in [0.05, 0.1) is 18.4 Å². The molecule has 0 aliphatic carbocycles. The fraction of sp³-hybridized carbons (Fsp3) is 0.208. The van der Waals surface area contributed by atoms with E-state index in [2.05, 4.69) is 59.6 Å². The van der Waals surface area contributed by atoms with E-state index in [9.17, 15) is 0 Å². The summed E-state index contributed by atoms with van der Waals surface area (Å²) >= 11 is 0. The summed E-state index contributed by atoms with van der Waals surface area (Å²) in [6.45, 7) is 2.65. The largest absolute Gasteiger partial charge is 0.494 e. The molecule has 0 fully saturated rings. The van der Waals surface area contributed by atoms with Crippen molar-refractivity contribution in [1.82, 2.24) is 5.01 Å². The van der Waals surface area contributed by atoms with Crippen molar-refractivity contribution in [2.24, 2.45) is 5.10 Å². The van der Waals surface area contributed by atoms with E-state index in [-0.39, 0.29) is 12.3 Å². The van der Waals surface area contributed by atoms with Gasteiger partial charge in [-0.2, -0.15) is 5.10 Å². The second-order valence-corrected chi connectivity index (χ2v) is 7.02. The fourth-order valence-corrected chi connectivity index (χ4v) is 3.95. The van der Waals surface area contributed by atoms with E-state index in [1.807, 2.05) is 31.2 Å². The lowest BCUT2D eigenvalue weighted by Crippen LogP contribution is -2.33. The smallest absolute Gasteiger partial charge is 0.213 e. The van der Waals surface area contributed by atoms with E-state index in [1.54, 1.807) is 0 Å². The summed E-state index contributed by atoms with van der Waals surface area (Å²) in [5.74, 6) is 1.81. The van der Waals surface area contributed by atoms with Crippen LogP contribution in [0.2, 0.25) is 0 Å². The molecule has 3 aromatic carbocycles. The zero-order valence-corrected chi connectivity index (χ0v) is 15.8. The lowest BCUT2D eigenvalue weighted by Gasteiger charge is -2.38. The third-order valence-corrected chi connectivity index (χ3v) is 5.28. The molecule has 0 unspecified atom stereocenters. The minimum atomic E-state index is -0.253. The number of ether oxygens (including phenoxy) is 2. The third kappa shape index (κ3) is 2.91. The number of benzene rings is 3. The van der Waals surface area contributed by atoms with Crippen molar-refractivity contribution in [3.63, 3.8) is 0 Å². The predicted octanol–water partition coefficient (Wildman–Crippen LogP) is 5.33. The van der Waals surface area contributed by atoms with Gasteiger partial charge in [-0.1, -0.05) is 48.5 Å². The number of fused-ring (bicyclic) bond motifs is 3. The maximum Gasteiger partial charge on any atom is 0.213 e. The first kappa shape index (κ1) is 16.9. The minimum Gasteiger partial charge on any atom is -0.494 e. The molecule has 3 aromatic rings. The van der Waals surface area contributed by atoms with Gasteiger partial charge in [0.15, 0.2) is 0 Å². The van der Waals surface area contributed by atoms with Gasteiger partial charge in [-0.3, -0.25) is 0 Å². The molecule has 0 spiro atoms. The highest BCUT2D eigenvalue weighted by Gasteiger charge is 2.40. The Morgan fingerprint density at radius 2 is 1.71 bits per heavy atom. The molecule has 2 aliphatic rings. The summed E-state index contributed by atoms with van der Waals surface area (Å²) in [4.78, 5) is 0. The van der Waals surface area contributed by atoms with E-state index in [4.69, 9.17) is 14.6 Å². The SMILES string of the molecule is CCOc1ccc([C@H]2Oc3ccccc3[C@@H]3CC(c4ccccc4)=NN23)cc1. The normalized spacial score (nSPS) is 20.0. The van der Waals surface area contributed by atoms with E-state index in [1.165, 1.54) is 11.1 Å². The molecule has 4 nitrogen and oxygen atoms in total. The molecule has 5 rings (SSSR count). The van der Waals surface area contributed by atoms with Crippen molar-refractivity contribution in [2.75, 3.05) is 6.61 Å². The summed E-state index contributed by atoms with van der Waals surface area (Å²) in [6, 6.07) is 27.0. The van der Waals surface area contributed by atoms with Crippen LogP contribution in [0.25, 0.3) is 0 Å². The average Bonchev–Trinajstić information content (AvgIpc) is 3.20. The molecule has 0 saturated heterocycles. The second-order valence-electron chi connectivity index (χ2n) is 7.02. The highest BCUT2D eigenvalue weighted by Crippen LogP contribution is 2.47. The number of hydrazone groups is 1. The maximum atomic E-state index is 6.39. The van der Waals surface area contributed by atoms with Crippen LogP contribution in [0.15, 0.2) is 84.0 Å². The predicted molar refractivity (Wildman–Crippen MR) is 110 cm³/mol. The third-order valence-electron chi connectivity index (χ3n) is 5.28. The van der Waals surface area contributed by atoms with Crippen LogP contribution in [-0.4, -0.2) is 17.3 Å². The first-order valence-corrected chi connectivity index (χ1v) is 9.73. The van der Waals surface area contributed by atoms with Gasteiger partial charge in [0.2, 0.25) is 6.23 Å². The molecular formula is C24H22N2O2. The molecule has 2 aliphatic heterocycles. The van der Waals surface area contributed by atoms with Crippen molar-refractivity contribution in [3.05, 3.63) is 95.6 Å². The Morgan fingerprint density at radius 3 is 2.50 bits per heavy atom. The molecule has 0 saturated carbocycles. The number of rotatable bonds is 4. The standard InChI is InChI=1S/C24H22N2O2/c1-2-27-19-14-12-18(13-15-19)24-26-22(20-10-6-7-11-23(20)28-24)16-21(25-26)17-8-4-3-5-9-17/h3-15,22,24H,2,16H2,1H3/t22-,24+/m0/s1. The highest BCUT2D eigenvalue weighted by molar-refractivity contribution is 6.01. The summed E-state index contributed by atoms with van der Waals surface area (Å²) in [5, 5.41) is 7.10. The van der Waals surface area contributed by atoms with Crippen LogP contribution in [0.1, 0.15) is 42.3 Å². The Balaban J connectivity index is 1.54. The second kappa shape index (κ2) is 7.04. The van der Waals surface area contributed by atoms with Crippen molar-refractivity contribution in [1.29, 1.82) is 0 Å². The van der Waals surface area contributed by atoms with Crippen LogP contribution in [0.5, 0.6) is 11.5 Å². The van der Waals surface area contributed by atoms with Crippen LogP contribution >= 0.6 is 0 Å². The Kier molecular flexibility index (Phi) is 4.24. The minimum absolute atomic E-state index is 0.178. The van der Waals surface area contributed by atoms with Gasteiger partial charge < -0.3 is 9.47 Å². The lowest BCUT2D eigenvalue weighted by atomic mass is 9.96. The van der Waals surface area contributed by atoms with E-state index in [0.717, 1.165) is 29.2 Å². The van der Waals surface area contributed by atoms with Gasteiger partial charge in [0, 0.05) is 17.5 Å². The molecule has 140 valence electrons. The van der Waals surface area contributed by atoms with E-state index < -0.39 is 0 Å². The van der Waals surface area contributed by atoms with Gasteiger partial charge in [0.25, 0.3) is 0 Å². The van der Waals surface area contributed by atoms with Crippen molar-refractivity contribution < 1.29 is 9.47 Å². The zero-order valence-electron chi connectivity index (χ0n) is 15.8. The summed E-state index contributed by atoms with van der Waals surface area (Å²) < 4.78 is 12.0. The highest BCUT2D eigenvalue weighted by atomic mass is 16.5. The number of para-hydroxylation sites is 1. The molecule has 0 amide bonds. The van der Waals surface area contributed by atoms with Gasteiger partial charge in [0.1, 0.15) is 11.5 Å². The quantitative estimate of drug-likeness (QED) is 0.623. The van der Waals surface area contributed by atoms with Crippen LogP contribution < -0.4 is 9.47 Å². The first-order valence-electron chi connectivity index (χ1n) is 9.73. The van der Waals surface area contributed by atoms with Crippen molar-refractivity contribution >= 4 is 5.71 Å². The Labute approximate surface area is 165 Å². The van der Waals surface area contributed by atoms with Crippen molar-refractivity contribution in [2.45, 2.75) is 25.6 Å². The number of hydrogen-bond acceptors (Lipinski definition) is 4. The molecule has 2 heterocycles. The Bertz CT molecular complexity index is 999. The molecule has 28 heavy (non-hydrogen) atoms. The Morgan fingerprint density at radius 1 is 0.964 bits per heavy atom. The maximum absolute atomic E-state index is 6.39. The number of nitrogens with zero attached hydrogens (tertiary/aromatic N) is 2. The molecule has 0 aromatic heterocycles. The van der Waals surface area contributed by atoms with Gasteiger partial charge in [-0.05, 0) is 42.8 Å². The zero-order chi connectivity index (χ0) is 18.9. The molecule has 2 atom stereocenters. The average molecular weight is 370 g/mol. The van der Waals surface area contributed by atoms with Crippen LogP contribution in [-0.2, 0) is 0 Å². The molecular weight excluding hydrogens is 348 g/mol. The summed E-state index contributed by atoms with van der Waals surface area (Å²) in [6.07, 6.45) is 0.620. The molecule has 0 radical (unpaired) electrons. The number of hydrogen-bond donors (Lipinski definition) is 0. The van der Waals surface area contributed by atoms with E-state index in [0.29, 0.717) is 6.61 Å². The first-order chi connectivity index (χ1) is 13.8. The molecule has 4 heteroatoms. The molecule has 0 N–H and O–H groups in total. The topological polar surface area (TPSA) is 34.1 Å². The van der Waals surface area contributed by atoms with Crippen molar-refractivity contribution in [3.8, 4) is 11.5 Å². The van der Waals surface area contributed by atoms with Crippen LogP contribution in [0.3, 0.4) is 0 Å².